The molecule has 1 aromatic rings. The fourth-order valence-electron chi connectivity index (χ4n) is 0.760. The van der Waals surface area contributed by atoms with Gasteiger partial charge < -0.3 is 0 Å². The predicted octanol–water partition coefficient (Wildman–Crippen LogP) is 3.78. The molecular formula is C8H7Cl2F. The van der Waals surface area contributed by atoms with Gasteiger partial charge in [-0.15, -0.1) is 11.6 Å². The maximum Gasteiger partial charge on any atom is 0.142 e. The second-order valence-electron chi connectivity index (χ2n) is 2.29. The van der Waals surface area contributed by atoms with E-state index in [4.69, 9.17) is 23.2 Å². The minimum Gasteiger partial charge on any atom is -0.205 e. The van der Waals surface area contributed by atoms with Crippen LogP contribution in [-0.2, 0) is 0 Å². The van der Waals surface area contributed by atoms with E-state index in [0.29, 0.717) is 0 Å². The van der Waals surface area contributed by atoms with Crippen molar-refractivity contribution in [2.24, 2.45) is 0 Å². The summed E-state index contributed by atoms with van der Waals surface area (Å²) in [7, 11) is 0. The average molecular weight is 193 g/mol. The summed E-state index contributed by atoms with van der Waals surface area (Å²) in [6.45, 7) is 1.78. The molecule has 0 fully saturated rings. The third-order valence-electron chi connectivity index (χ3n) is 1.40. The molecule has 1 rings (SSSR count). The highest BCUT2D eigenvalue weighted by Gasteiger charge is 2.04. The highest BCUT2D eigenvalue weighted by atomic mass is 35.5. The van der Waals surface area contributed by atoms with Crippen LogP contribution in [0, 0.1) is 5.82 Å². The molecule has 11 heavy (non-hydrogen) atoms. The number of rotatable bonds is 1. The fraction of sp³-hybridized carbons (Fsp3) is 0.250. The Bertz CT molecular complexity index is 258. The lowest BCUT2D eigenvalue weighted by Gasteiger charge is -2.02. The van der Waals surface area contributed by atoms with Crippen LogP contribution in [0.4, 0.5) is 4.39 Å². The summed E-state index contributed by atoms with van der Waals surface area (Å²) in [5.41, 5.74) is 0.744. The van der Waals surface area contributed by atoms with Crippen molar-refractivity contribution in [1.82, 2.24) is 0 Å². The highest BCUT2D eigenvalue weighted by molar-refractivity contribution is 6.30. The van der Waals surface area contributed by atoms with E-state index >= 15 is 0 Å². The van der Waals surface area contributed by atoms with Gasteiger partial charge in [0.25, 0.3) is 0 Å². The molecule has 3 heteroatoms. The maximum atomic E-state index is 12.7. The summed E-state index contributed by atoms with van der Waals surface area (Å²) in [5, 5.41) is -0.0483. The molecule has 1 atom stereocenters. The van der Waals surface area contributed by atoms with Crippen molar-refractivity contribution >= 4 is 23.2 Å². The van der Waals surface area contributed by atoms with Crippen LogP contribution in [0.5, 0.6) is 0 Å². The average Bonchev–Trinajstić information content (AvgIpc) is 1.94. The lowest BCUT2D eigenvalue weighted by atomic mass is 10.2. The largest absolute Gasteiger partial charge is 0.205 e. The molecule has 0 aliphatic carbocycles. The Morgan fingerprint density at radius 1 is 1.45 bits per heavy atom. The SMILES string of the molecule is CC(Cl)c1ccc(Cl)c(F)c1. The Morgan fingerprint density at radius 3 is 2.55 bits per heavy atom. The summed E-state index contributed by atoms with van der Waals surface area (Å²) in [5.74, 6) is -0.420. The monoisotopic (exact) mass is 192 g/mol. The molecule has 60 valence electrons. The molecule has 0 saturated heterocycles. The van der Waals surface area contributed by atoms with Crippen LogP contribution in [-0.4, -0.2) is 0 Å². The molecule has 0 heterocycles. The van der Waals surface area contributed by atoms with Gasteiger partial charge >= 0.3 is 0 Å². The van der Waals surface area contributed by atoms with E-state index in [9.17, 15) is 4.39 Å². The number of benzene rings is 1. The zero-order valence-electron chi connectivity index (χ0n) is 5.94. The first-order valence-corrected chi connectivity index (χ1v) is 4.01. The van der Waals surface area contributed by atoms with E-state index in [1.54, 1.807) is 13.0 Å². The van der Waals surface area contributed by atoms with Crippen LogP contribution in [0.15, 0.2) is 18.2 Å². The van der Waals surface area contributed by atoms with E-state index < -0.39 is 5.82 Å². The topological polar surface area (TPSA) is 0 Å². The normalized spacial score (nSPS) is 13.1. The minimum absolute atomic E-state index is 0.131. The Labute approximate surface area is 74.9 Å². The third kappa shape index (κ3) is 2.08. The first-order valence-electron chi connectivity index (χ1n) is 3.20. The van der Waals surface area contributed by atoms with E-state index in [1.807, 2.05) is 0 Å². The number of alkyl halides is 1. The Balaban J connectivity index is 3.05. The summed E-state index contributed by atoms with van der Waals surface area (Å²) >= 11 is 11.2. The van der Waals surface area contributed by atoms with Gasteiger partial charge in [-0.1, -0.05) is 17.7 Å². The van der Waals surface area contributed by atoms with Gasteiger partial charge in [0.2, 0.25) is 0 Å². The molecule has 0 N–H and O–H groups in total. The number of halogens is 3. The molecule has 0 nitrogen and oxygen atoms in total. The molecule has 1 unspecified atom stereocenters. The molecule has 0 aromatic heterocycles. The van der Waals surface area contributed by atoms with E-state index in [1.165, 1.54) is 12.1 Å². The quantitative estimate of drug-likeness (QED) is 0.595. The first kappa shape index (κ1) is 8.82. The fourth-order valence-corrected chi connectivity index (χ4v) is 1.01. The van der Waals surface area contributed by atoms with Crippen molar-refractivity contribution in [3.63, 3.8) is 0 Å². The van der Waals surface area contributed by atoms with E-state index in [0.717, 1.165) is 5.56 Å². The van der Waals surface area contributed by atoms with Gasteiger partial charge in [-0.25, -0.2) is 4.39 Å². The summed E-state index contributed by atoms with van der Waals surface area (Å²) < 4.78 is 12.7. The van der Waals surface area contributed by atoms with Crippen LogP contribution >= 0.6 is 23.2 Å². The Hall–Kier alpha value is -0.270. The van der Waals surface area contributed by atoms with Gasteiger partial charge in [0.1, 0.15) is 5.82 Å². The van der Waals surface area contributed by atoms with Crippen molar-refractivity contribution in [3.05, 3.63) is 34.6 Å². The van der Waals surface area contributed by atoms with Gasteiger partial charge in [-0.3, -0.25) is 0 Å². The van der Waals surface area contributed by atoms with Gasteiger partial charge in [-0.05, 0) is 24.6 Å². The highest BCUT2D eigenvalue weighted by Crippen LogP contribution is 2.23. The maximum absolute atomic E-state index is 12.7. The smallest absolute Gasteiger partial charge is 0.142 e. The second kappa shape index (κ2) is 3.42. The molecule has 0 amide bonds. The third-order valence-corrected chi connectivity index (χ3v) is 1.96. The summed E-state index contributed by atoms with van der Waals surface area (Å²) in [4.78, 5) is 0. The molecule has 1 aromatic carbocycles. The van der Waals surface area contributed by atoms with Crippen molar-refractivity contribution in [1.29, 1.82) is 0 Å². The molecule has 0 spiro atoms. The molecule has 0 aliphatic heterocycles. The standard InChI is InChI=1S/C8H7Cl2F/c1-5(9)6-2-3-7(10)8(11)4-6/h2-5H,1H3. The van der Waals surface area contributed by atoms with E-state index in [2.05, 4.69) is 0 Å². The van der Waals surface area contributed by atoms with Crippen molar-refractivity contribution in [3.8, 4) is 0 Å². The van der Waals surface area contributed by atoms with Crippen LogP contribution < -0.4 is 0 Å². The van der Waals surface area contributed by atoms with Crippen LogP contribution in [0.1, 0.15) is 17.9 Å². The summed E-state index contributed by atoms with van der Waals surface area (Å²) in [6.07, 6.45) is 0. The minimum atomic E-state index is -0.420. The van der Waals surface area contributed by atoms with E-state index in [-0.39, 0.29) is 10.4 Å². The van der Waals surface area contributed by atoms with Crippen LogP contribution in [0.25, 0.3) is 0 Å². The van der Waals surface area contributed by atoms with Crippen LogP contribution in [0.3, 0.4) is 0 Å². The first-order chi connectivity index (χ1) is 5.11. The Morgan fingerprint density at radius 2 is 2.09 bits per heavy atom. The van der Waals surface area contributed by atoms with Crippen molar-refractivity contribution in [2.75, 3.05) is 0 Å². The summed E-state index contributed by atoms with van der Waals surface area (Å²) in [6, 6.07) is 4.56. The van der Waals surface area contributed by atoms with Gasteiger partial charge in [0.05, 0.1) is 10.4 Å². The Kier molecular flexibility index (Phi) is 2.74. The number of hydrogen-bond acceptors (Lipinski definition) is 0. The zero-order chi connectivity index (χ0) is 8.43. The molecule has 0 bridgehead atoms. The van der Waals surface area contributed by atoms with Gasteiger partial charge in [0.15, 0.2) is 0 Å². The molecule has 0 saturated carbocycles. The van der Waals surface area contributed by atoms with Crippen LogP contribution in [0.2, 0.25) is 5.02 Å². The van der Waals surface area contributed by atoms with Gasteiger partial charge in [0, 0.05) is 0 Å². The van der Waals surface area contributed by atoms with Gasteiger partial charge in [-0.2, -0.15) is 0 Å². The lowest BCUT2D eigenvalue weighted by molar-refractivity contribution is 0.626. The molecule has 0 aliphatic rings. The molecular weight excluding hydrogens is 186 g/mol. The van der Waals surface area contributed by atoms with Crippen molar-refractivity contribution < 1.29 is 4.39 Å². The predicted molar refractivity (Wildman–Crippen MR) is 45.7 cm³/mol. The second-order valence-corrected chi connectivity index (χ2v) is 3.35. The number of hydrogen-bond donors (Lipinski definition) is 0. The zero-order valence-corrected chi connectivity index (χ0v) is 7.46. The lowest BCUT2D eigenvalue weighted by Crippen LogP contribution is -1.85. The molecule has 0 radical (unpaired) electrons. The van der Waals surface area contributed by atoms with Crippen molar-refractivity contribution in [2.45, 2.75) is 12.3 Å².